The second kappa shape index (κ2) is 11.2. The van der Waals surface area contributed by atoms with Gasteiger partial charge < -0.3 is 14.2 Å². The van der Waals surface area contributed by atoms with Gasteiger partial charge in [0.25, 0.3) is 0 Å². The van der Waals surface area contributed by atoms with Gasteiger partial charge in [-0.25, -0.2) is 4.79 Å². The highest BCUT2D eigenvalue weighted by molar-refractivity contribution is 5.81. The van der Waals surface area contributed by atoms with Gasteiger partial charge in [-0.2, -0.15) is 0 Å². The van der Waals surface area contributed by atoms with Crippen molar-refractivity contribution in [2.75, 3.05) is 13.2 Å². The van der Waals surface area contributed by atoms with Crippen LogP contribution in [-0.4, -0.2) is 25.5 Å². The molecule has 0 aromatic heterocycles. The molecule has 2 bridgehead atoms. The number of allylic oxidation sites excluding steroid dienone is 1. The quantitative estimate of drug-likeness (QED) is 0.213. The Hall–Kier alpha value is -1.65. The van der Waals surface area contributed by atoms with E-state index in [1.54, 1.807) is 0 Å². The van der Waals surface area contributed by atoms with Gasteiger partial charge in [-0.1, -0.05) is 69.9 Å². The predicted octanol–water partition coefficient (Wildman–Crippen LogP) is 7.17. The third-order valence-electron chi connectivity index (χ3n) is 8.43. The normalized spacial score (nSPS) is 31.7. The Kier molecular flexibility index (Phi) is 8.29. The van der Waals surface area contributed by atoms with Crippen LogP contribution in [0.1, 0.15) is 108 Å². The van der Waals surface area contributed by atoms with E-state index in [2.05, 4.69) is 38.1 Å². The minimum absolute atomic E-state index is 0.105. The summed E-state index contributed by atoms with van der Waals surface area (Å²) in [6.07, 6.45) is 18.3. The summed E-state index contributed by atoms with van der Waals surface area (Å²) in [6, 6.07) is 9.10. The van der Waals surface area contributed by atoms with E-state index in [9.17, 15) is 4.79 Å². The minimum Gasteiger partial charge on any atom is -0.430 e. The highest BCUT2D eigenvalue weighted by Crippen LogP contribution is 2.59. The van der Waals surface area contributed by atoms with E-state index in [4.69, 9.17) is 14.2 Å². The highest BCUT2D eigenvalue weighted by Gasteiger charge is 2.48. The molecule has 33 heavy (non-hydrogen) atoms. The van der Waals surface area contributed by atoms with E-state index in [-0.39, 0.29) is 18.7 Å². The molecule has 3 saturated carbocycles. The topological polar surface area (TPSA) is 44.8 Å². The molecule has 2 atom stereocenters. The van der Waals surface area contributed by atoms with Crippen LogP contribution in [0.5, 0.6) is 0 Å². The van der Waals surface area contributed by atoms with E-state index in [0.29, 0.717) is 17.4 Å². The third kappa shape index (κ3) is 5.89. The lowest BCUT2D eigenvalue weighted by molar-refractivity contribution is -0.230. The van der Waals surface area contributed by atoms with Crippen molar-refractivity contribution in [3.8, 4) is 0 Å². The Morgan fingerprint density at radius 3 is 2.30 bits per heavy atom. The standard InChI is InChI=1S/C29H42O4/c1-3-5-7-9-26(30)33-27-22-31-25(21-32-27)23-10-12-24(13-11-23)29-18-15-28(16-19-29,17-20-29)14-8-6-4-2/h7,9-13,25,27H,3-6,8,14-22H2,1-2H3/b9-7+/t25-,27-,28?,29?/m1/s1. The lowest BCUT2D eigenvalue weighted by atomic mass is 9.51. The molecule has 1 heterocycles. The smallest absolute Gasteiger partial charge is 0.332 e. The van der Waals surface area contributed by atoms with E-state index in [1.807, 2.05) is 6.08 Å². The summed E-state index contributed by atoms with van der Waals surface area (Å²) in [5.41, 5.74) is 3.69. The number of carbonyl (C=O) groups is 1. The fourth-order valence-electron chi connectivity index (χ4n) is 6.13. The number of hydrogen-bond donors (Lipinski definition) is 0. The van der Waals surface area contributed by atoms with Gasteiger partial charge in [0.2, 0.25) is 6.29 Å². The van der Waals surface area contributed by atoms with Gasteiger partial charge in [-0.3, -0.25) is 0 Å². The number of hydrogen-bond acceptors (Lipinski definition) is 4. The Balaban J connectivity index is 1.27. The van der Waals surface area contributed by atoms with Crippen molar-refractivity contribution >= 4 is 5.97 Å². The molecule has 4 aliphatic rings. The van der Waals surface area contributed by atoms with Gasteiger partial charge in [0.15, 0.2) is 0 Å². The fraction of sp³-hybridized carbons (Fsp3) is 0.690. The molecule has 1 aliphatic heterocycles. The van der Waals surface area contributed by atoms with Crippen LogP contribution in [0.2, 0.25) is 0 Å². The van der Waals surface area contributed by atoms with Crippen molar-refractivity contribution in [1.29, 1.82) is 0 Å². The van der Waals surface area contributed by atoms with Gasteiger partial charge >= 0.3 is 5.97 Å². The van der Waals surface area contributed by atoms with E-state index >= 15 is 0 Å². The first-order valence-electron chi connectivity index (χ1n) is 13.3. The number of esters is 1. The number of benzene rings is 1. The van der Waals surface area contributed by atoms with E-state index in [0.717, 1.165) is 18.4 Å². The maximum absolute atomic E-state index is 11.8. The van der Waals surface area contributed by atoms with E-state index < -0.39 is 6.29 Å². The van der Waals surface area contributed by atoms with Crippen LogP contribution in [0.15, 0.2) is 36.4 Å². The number of ether oxygens (including phenoxy) is 3. The van der Waals surface area contributed by atoms with Crippen LogP contribution in [0.3, 0.4) is 0 Å². The molecule has 1 saturated heterocycles. The molecule has 1 aromatic carbocycles. The summed E-state index contributed by atoms with van der Waals surface area (Å²) >= 11 is 0. The SMILES string of the molecule is CCC/C=C/C(=O)O[C@@H]1CO[C@@H](c2ccc(C34CCC(CCCCC)(CC3)CC4)cc2)CO1. The van der Waals surface area contributed by atoms with Gasteiger partial charge in [-0.05, 0) is 73.3 Å². The second-order valence-electron chi connectivity index (χ2n) is 10.6. The third-order valence-corrected chi connectivity index (χ3v) is 8.43. The minimum atomic E-state index is -0.625. The molecule has 4 fully saturated rings. The van der Waals surface area contributed by atoms with E-state index in [1.165, 1.54) is 75.8 Å². The molecule has 0 amide bonds. The summed E-state index contributed by atoms with van der Waals surface area (Å²) < 4.78 is 17.1. The Labute approximate surface area is 200 Å². The van der Waals surface area contributed by atoms with Crippen LogP contribution in [0, 0.1) is 5.41 Å². The van der Waals surface area contributed by atoms with Crippen molar-refractivity contribution in [1.82, 2.24) is 0 Å². The molecule has 0 radical (unpaired) electrons. The van der Waals surface area contributed by atoms with Crippen molar-refractivity contribution in [3.05, 3.63) is 47.5 Å². The highest BCUT2D eigenvalue weighted by atomic mass is 16.7. The van der Waals surface area contributed by atoms with Crippen molar-refractivity contribution in [3.63, 3.8) is 0 Å². The first kappa shape index (κ1) is 24.5. The van der Waals surface area contributed by atoms with Gasteiger partial charge in [-0.15, -0.1) is 0 Å². The Bertz CT molecular complexity index is 764. The Morgan fingerprint density at radius 1 is 0.970 bits per heavy atom. The number of rotatable bonds is 10. The fourth-order valence-corrected chi connectivity index (χ4v) is 6.13. The van der Waals surface area contributed by atoms with Crippen LogP contribution < -0.4 is 0 Å². The maximum Gasteiger partial charge on any atom is 0.332 e. The summed E-state index contributed by atoms with van der Waals surface area (Å²) in [7, 11) is 0. The van der Waals surface area contributed by atoms with Gasteiger partial charge in [0, 0.05) is 6.08 Å². The molecule has 4 nitrogen and oxygen atoms in total. The van der Waals surface area contributed by atoms with Crippen molar-refractivity contribution in [2.45, 2.75) is 109 Å². The number of unbranched alkanes of at least 4 members (excludes halogenated alkanes) is 3. The first-order valence-corrected chi connectivity index (χ1v) is 13.3. The molecule has 0 N–H and O–H groups in total. The van der Waals surface area contributed by atoms with Crippen LogP contribution in [0.25, 0.3) is 0 Å². The van der Waals surface area contributed by atoms with Crippen LogP contribution >= 0.6 is 0 Å². The van der Waals surface area contributed by atoms with Gasteiger partial charge in [0.05, 0.1) is 6.61 Å². The molecular weight excluding hydrogens is 412 g/mol. The molecule has 182 valence electrons. The molecule has 4 heteroatoms. The van der Waals surface area contributed by atoms with Gasteiger partial charge in [0.1, 0.15) is 12.7 Å². The maximum atomic E-state index is 11.8. The monoisotopic (exact) mass is 454 g/mol. The van der Waals surface area contributed by atoms with Crippen molar-refractivity contribution in [2.24, 2.45) is 5.41 Å². The largest absolute Gasteiger partial charge is 0.430 e. The lowest BCUT2D eigenvalue weighted by Crippen LogP contribution is -2.44. The molecule has 3 aliphatic carbocycles. The zero-order valence-corrected chi connectivity index (χ0v) is 20.7. The zero-order chi connectivity index (χ0) is 23.2. The second-order valence-corrected chi connectivity index (χ2v) is 10.6. The number of carbonyl (C=O) groups excluding carboxylic acids is 1. The summed E-state index contributed by atoms with van der Waals surface area (Å²) in [4.78, 5) is 11.8. The molecule has 0 spiro atoms. The molecule has 1 aromatic rings. The Morgan fingerprint density at radius 2 is 1.70 bits per heavy atom. The summed E-state index contributed by atoms with van der Waals surface area (Å²) in [5, 5.41) is 0. The first-order chi connectivity index (χ1) is 16.1. The number of fused-ring (bicyclic) bond motifs is 3. The van der Waals surface area contributed by atoms with Crippen LogP contribution in [-0.2, 0) is 24.4 Å². The summed E-state index contributed by atoms with van der Waals surface area (Å²) in [6.45, 7) is 5.05. The van der Waals surface area contributed by atoms with Crippen LogP contribution in [0.4, 0.5) is 0 Å². The average Bonchev–Trinajstić information content (AvgIpc) is 2.86. The van der Waals surface area contributed by atoms with Crippen molar-refractivity contribution < 1.29 is 19.0 Å². The molecular formula is C29H42O4. The summed E-state index contributed by atoms with van der Waals surface area (Å²) in [5.74, 6) is -0.367. The predicted molar refractivity (Wildman–Crippen MR) is 131 cm³/mol. The molecule has 0 unspecified atom stereocenters. The lowest BCUT2D eigenvalue weighted by Gasteiger charge is -2.54. The molecule has 5 rings (SSSR count). The zero-order valence-electron chi connectivity index (χ0n) is 20.7. The average molecular weight is 455 g/mol.